The molecule has 0 bridgehead atoms. The second-order valence-corrected chi connectivity index (χ2v) is 7.55. The molecule has 1 aliphatic heterocycles. The number of nitrogens with zero attached hydrogens (tertiary/aromatic N) is 2. The number of rotatable bonds is 3. The van der Waals surface area contributed by atoms with Gasteiger partial charge in [-0.15, -0.1) is 0 Å². The van der Waals surface area contributed by atoms with Crippen molar-refractivity contribution in [3.8, 4) is 0 Å². The molecule has 3 aromatic rings. The van der Waals surface area contributed by atoms with Gasteiger partial charge >= 0.3 is 0 Å². The maximum Gasteiger partial charge on any atom is 0.246 e. The topological polar surface area (TPSA) is 79.2 Å². The second kappa shape index (κ2) is 6.78. The molecule has 1 amide bonds. The minimum atomic E-state index is -0.131. The quantitative estimate of drug-likeness (QED) is 0.712. The summed E-state index contributed by atoms with van der Waals surface area (Å²) in [5.41, 5.74) is 4.27. The van der Waals surface area contributed by atoms with Gasteiger partial charge in [-0.3, -0.25) is 14.7 Å². The number of para-hydroxylation sites is 1. The van der Waals surface area contributed by atoms with Crippen molar-refractivity contribution in [2.24, 2.45) is 0 Å². The number of amides is 1. The highest BCUT2D eigenvalue weighted by atomic mass is 16.3. The fourth-order valence-electron chi connectivity index (χ4n) is 4.00. The summed E-state index contributed by atoms with van der Waals surface area (Å²) in [6.07, 6.45) is 8.84. The van der Waals surface area contributed by atoms with E-state index in [9.17, 15) is 9.59 Å². The van der Waals surface area contributed by atoms with Gasteiger partial charge < -0.3 is 9.32 Å². The summed E-state index contributed by atoms with van der Waals surface area (Å²) in [6, 6.07) is 7.11. The fourth-order valence-corrected chi connectivity index (χ4v) is 4.00. The zero-order valence-electron chi connectivity index (χ0n) is 15.5. The van der Waals surface area contributed by atoms with E-state index < -0.39 is 0 Å². The number of benzene rings is 1. The molecule has 1 aliphatic carbocycles. The van der Waals surface area contributed by atoms with Gasteiger partial charge in [0.05, 0.1) is 16.6 Å². The first-order valence-electron chi connectivity index (χ1n) is 9.74. The third kappa shape index (κ3) is 2.85. The molecular weight excluding hydrogens is 354 g/mol. The minimum Gasteiger partial charge on any atom is -0.463 e. The van der Waals surface area contributed by atoms with Crippen molar-refractivity contribution in [2.45, 2.75) is 38.1 Å². The van der Waals surface area contributed by atoms with Crippen molar-refractivity contribution in [2.75, 3.05) is 6.54 Å². The zero-order chi connectivity index (χ0) is 19.1. The van der Waals surface area contributed by atoms with E-state index in [1.54, 1.807) is 24.3 Å². The highest BCUT2D eigenvalue weighted by molar-refractivity contribution is 5.92. The van der Waals surface area contributed by atoms with E-state index in [0.29, 0.717) is 35.5 Å². The lowest BCUT2D eigenvalue weighted by Gasteiger charge is -2.29. The van der Waals surface area contributed by atoms with Gasteiger partial charge in [0.25, 0.3) is 0 Å². The fraction of sp³-hybridized carbons (Fsp3) is 0.318. The number of hydrogen-bond donors (Lipinski definition) is 1. The molecule has 0 spiro atoms. The lowest BCUT2D eigenvalue weighted by atomic mass is 9.81. The van der Waals surface area contributed by atoms with Gasteiger partial charge in [-0.25, -0.2) is 0 Å². The first-order valence-corrected chi connectivity index (χ1v) is 9.74. The molecule has 5 rings (SSSR count). The Kier molecular flexibility index (Phi) is 4.11. The van der Waals surface area contributed by atoms with Crippen molar-refractivity contribution < 1.29 is 9.21 Å². The Bertz CT molecular complexity index is 1140. The summed E-state index contributed by atoms with van der Waals surface area (Å²) in [4.78, 5) is 27.1. The number of nitrogens with one attached hydrogen (secondary N) is 1. The van der Waals surface area contributed by atoms with Crippen molar-refractivity contribution in [3.63, 3.8) is 0 Å². The lowest BCUT2D eigenvalue weighted by molar-refractivity contribution is -0.126. The number of aromatic nitrogens is 2. The summed E-state index contributed by atoms with van der Waals surface area (Å²) in [5, 5.41) is 8.19. The van der Waals surface area contributed by atoms with Gasteiger partial charge in [-0.1, -0.05) is 18.6 Å². The predicted molar refractivity (Wildman–Crippen MR) is 106 cm³/mol. The highest BCUT2D eigenvalue weighted by Gasteiger charge is 2.30. The Labute approximate surface area is 161 Å². The summed E-state index contributed by atoms with van der Waals surface area (Å²) < 4.78 is 5.51. The molecule has 0 atom stereocenters. The first-order chi connectivity index (χ1) is 13.7. The van der Waals surface area contributed by atoms with E-state index in [1.807, 2.05) is 11.0 Å². The van der Waals surface area contributed by atoms with Gasteiger partial charge in [0.15, 0.2) is 5.43 Å². The summed E-state index contributed by atoms with van der Waals surface area (Å²) in [7, 11) is 0. The molecule has 6 nitrogen and oxygen atoms in total. The molecular formula is C22H21N3O3. The van der Waals surface area contributed by atoms with E-state index >= 15 is 0 Å². The maximum absolute atomic E-state index is 12.7. The van der Waals surface area contributed by atoms with Crippen LogP contribution in [0, 0.1) is 0 Å². The van der Waals surface area contributed by atoms with Gasteiger partial charge in [-0.2, -0.15) is 5.10 Å². The third-order valence-corrected chi connectivity index (χ3v) is 5.88. The van der Waals surface area contributed by atoms with Crippen LogP contribution in [-0.4, -0.2) is 27.5 Å². The Morgan fingerprint density at radius 2 is 2.14 bits per heavy atom. The second-order valence-electron chi connectivity index (χ2n) is 7.55. The van der Waals surface area contributed by atoms with Gasteiger partial charge in [0, 0.05) is 42.8 Å². The molecule has 3 heterocycles. The van der Waals surface area contributed by atoms with Crippen LogP contribution >= 0.6 is 0 Å². The summed E-state index contributed by atoms with van der Waals surface area (Å²) in [6.45, 7) is 1.22. The standard InChI is InChI=1S/C22H21N3O3/c26-20(9-8-15-13-28-19-7-2-1-6-16(19)22(15)27)25-11-10-18-17(12-25)21(24-23-18)14-4-3-5-14/h1-2,6-9,13-14H,3-5,10-12H2,(H,23,24). The lowest BCUT2D eigenvalue weighted by Crippen LogP contribution is -2.35. The molecule has 28 heavy (non-hydrogen) atoms. The van der Waals surface area contributed by atoms with Crippen LogP contribution in [0.5, 0.6) is 0 Å². The average Bonchev–Trinajstić information content (AvgIpc) is 3.09. The number of hydrogen-bond acceptors (Lipinski definition) is 4. The smallest absolute Gasteiger partial charge is 0.246 e. The first kappa shape index (κ1) is 17.0. The molecule has 2 aliphatic rings. The number of carbonyl (C=O) groups excluding carboxylic acids is 1. The number of H-pyrrole nitrogens is 1. The Hall–Kier alpha value is -3.15. The number of aromatic amines is 1. The van der Waals surface area contributed by atoms with Crippen LogP contribution < -0.4 is 5.43 Å². The third-order valence-electron chi connectivity index (χ3n) is 5.88. The van der Waals surface area contributed by atoms with Crippen LogP contribution in [0.3, 0.4) is 0 Å². The van der Waals surface area contributed by atoms with Gasteiger partial charge in [0.1, 0.15) is 11.8 Å². The molecule has 2 aromatic heterocycles. The van der Waals surface area contributed by atoms with E-state index in [-0.39, 0.29) is 11.3 Å². The number of carbonyl (C=O) groups is 1. The average molecular weight is 375 g/mol. The molecule has 0 radical (unpaired) electrons. The maximum atomic E-state index is 12.7. The molecule has 1 saturated carbocycles. The van der Waals surface area contributed by atoms with Crippen LogP contribution in [0.2, 0.25) is 0 Å². The monoisotopic (exact) mass is 375 g/mol. The van der Waals surface area contributed by atoms with Crippen LogP contribution in [0.4, 0.5) is 0 Å². The van der Waals surface area contributed by atoms with Crippen LogP contribution in [-0.2, 0) is 17.8 Å². The van der Waals surface area contributed by atoms with Gasteiger partial charge in [0.2, 0.25) is 5.91 Å². The molecule has 1 N–H and O–H groups in total. The number of fused-ring (bicyclic) bond motifs is 2. The Morgan fingerprint density at radius 3 is 2.96 bits per heavy atom. The minimum absolute atomic E-state index is 0.0982. The van der Waals surface area contributed by atoms with E-state index in [2.05, 4.69) is 10.2 Å². The molecule has 1 fully saturated rings. The summed E-state index contributed by atoms with van der Waals surface area (Å²) in [5.74, 6) is 0.437. The normalized spacial score (nSPS) is 17.1. The molecule has 0 unspecified atom stereocenters. The Balaban J connectivity index is 1.36. The van der Waals surface area contributed by atoms with Gasteiger partial charge in [-0.05, 0) is 31.1 Å². The molecule has 0 saturated heterocycles. The predicted octanol–water partition coefficient (Wildman–Crippen LogP) is 3.38. The molecule has 142 valence electrons. The van der Waals surface area contributed by atoms with E-state index in [0.717, 1.165) is 17.8 Å². The largest absolute Gasteiger partial charge is 0.463 e. The van der Waals surface area contributed by atoms with E-state index in [1.165, 1.54) is 37.2 Å². The Morgan fingerprint density at radius 1 is 1.29 bits per heavy atom. The summed E-state index contributed by atoms with van der Waals surface area (Å²) >= 11 is 0. The highest BCUT2D eigenvalue weighted by Crippen LogP contribution is 2.38. The SMILES string of the molecule is O=C(C=Cc1coc2ccccc2c1=O)N1CCc2[nH]nc(C3CCC3)c2C1. The van der Waals surface area contributed by atoms with Crippen LogP contribution in [0.1, 0.15) is 47.7 Å². The van der Waals surface area contributed by atoms with Crippen molar-refractivity contribution in [1.29, 1.82) is 0 Å². The molecule has 6 heteroatoms. The van der Waals surface area contributed by atoms with Crippen LogP contribution in [0.25, 0.3) is 17.0 Å². The molecule has 1 aromatic carbocycles. The van der Waals surface area contributed by atoms with E-state index in [4.69, 9.17) is 4.42 Å². The van der Waals surface area contributed by atoms with Crippen molar-refractivity contribution in [3.05, 3.63) is 69.3 Å². The van der Waals surface area contributed by atoms with Crippen molar-refractivity contribution in [1.82, 2.24) is 15.1 Å². The van der Waals surface area contributed by atoms with Crippen molar-refractivity contribution >= 4 is 23.0 Å². The van der Waals surface area contributed by atoms with Crippen LogP contribution in [0.15, 0.2) is 45.8 Å². The zero-order valence-corrected chi connectivity index (χ0v) is 15.5.